The lowest BCUT2D eigenvalue weighted by atomic mass is 10.1. The van der Waals surface area contributed by atoms with E-state index in [1.54, 1.807) is 25.1 Å². The van der Waals surface area contributed by atoms with E-state index < -0.39 is 0 Å². The molecule has 0 aliphatic carbocycles. The van der Waals surface area contributed by atoms with Gasteiger partial charge in [0.15, 0.2) is 0 Å². The van der Waals surface area contributed by atoms with E-state index >= 15 is 0 Å². The monoisotopic (exact) mass is 341 g/mol. The summed E-state index contributed by atoms with van der Waals surface area (Å²) in [4.78, 5) is 12.1. The van der Waals surface area contributed by atoms with E-state index in [0.29, 0.717) is 21.8 Å². The predicted octanol–water partition coefficient (Wildman–Crippen LogP) is 4.80. The second kappa shape index (κ2) is 5.72. The molecule has 5 heteroatoms. The molecule has 0 heterocycles. The Morgan fingerprint density at radius 1 is 1.26 bits per heavy atom. The third kappa shape index (κ3) is 3.33. The van der Waals surface area contributed by atoms with Gasteiger partial charge in [-0.3, -0.25) is 4.79 Å². The number of hydrogen-bond acceptors (Lipinski definition) is 1. The maximum absolute atomic E-state index is 13.0. The molecule has 0 aliphatic heterocycles. The lowest BCUT2D eigenvalue weighted by Gasteiger charge is -2.09. The minimum absolute atomic E-state index is 0.322. The van der Waals surface area contributed by atoms with Gasteiger partial charge in [-0.05, 0) is 48.9 Å². The van der Waals surface area contributed by atoms with Crippen LogP contribution in [0.5, 0.6) is 0 Å². The molecule has 0 saturated carbocycles. The molecule has 1 amide bonds. The number of carbonyl (C=O) groups excluding carboxylic acids is 1. The summed E-state index contributed by atoms with van der Waals surface area (Å²) in [7, 11) is 0. The fraction of sp³-hybridized carbons (Fsp3) is 0.0714. The first-order valence-corrected chi connectivity index (χ1v) is 6.67. The molecule has 0 radical (unpaired) electrons. The van der Waals surface area contributed by atoms with Gasteiger partial charge in [0.2, 0.25) is 0 Å². The van der Waals surface area contributed by atoms with Crippen LogP contribution in [0.2, 0.25) is 5.02 Å². The van der Waals surface area contributed by atoms with Gasteiger partial charge in [-0.2, -0.15) is 0 Å². The molecule has 0 spiro atoms. The molecular formula is C14H10BrClFNO. The molecule has 98 valence electrons. The van der Waals surface area contributed by atoms with E-state index in [1.165, 1.54) is 18.2 Å². The van der Waals surface area contributed by atoms with E-state index in [2.05, 4.69) is 21.2 Å². The molecule has 0 bridgehead atoms. The Morgan fingerprint density at radius 2 is 2.00 bits per heavy atom. The zero-order valence-electron chi connectivity index (χ0n) is 10.0. The third-order valence-corrected chi connectivity index (χ3v) is 3.43. The minimum atomic E-state index is -0.366. The summed E-state index contributed by atoms with van der Waals surface area (Å²) in [5.74, 6) is -0.688. The quantitative estimate of drug-likeness (QED) is 0.834. The fourth-order valence-electron chi connectivity index (χ4n) is 1.66. The Kier molecular flexibility index (Phi) is 4.22. The first-order valence-electron chi connectivity index (χ1n) is 5.50. The molecule has 0 aromatic heterocycles. The highest BCUT2D eigenvalue weighted by Gasteiger charge is 2.11. The molecule has 2 aromatic rings. The topological polar surface area (TPSA) is 29.1 Å². The second-order valence-corrected chi connectivity index (χ2v) is 5.36. The SMILES string of the molecule is Cc1cc(F)ccc1C(=O)Nc1cc(Br)ccc1Cl. The zero-order chi connectivity index (χ0) is 14.0. The molecule has 0 atom stereocenters. The van der Waals surface area contributed by atoms with Crippen molar-refractivity contribution in [3.8, 4) is 0 Å². The van der Waals surface area contributed by atoms with Crippen LogP contribution in [-0.4, -0.2) is 5.91 Å². The summed E-state index contributed by atoms with van der Waals surface area (Å²) in [6.07, 6.45) is 0. The van der Waals surface area contributed by atoms with Gasteiger partial charge in [0.1, 0.15) is 5.82 Å². The van der Waals surface area contributed by atoms with Crippen molar-refractivity contribution in [2.24, 2.45) is 0 Å². The van der Waals surface area contributed by atoms with E-state index in [9.17, 15) is 9.18 Å². The molecule has 2 rings (SSSR count). The summed E-state index contributed by atoms with van der Waals surface area (Å²) in [6.45, 7) is 1.68. The molecular weight excluding hydrogens is 333 g/mol. The van der Waals surface area contributed by atoms with Crippen LogP contribution in [-0.2, 0) is 0 Å². The van der Waals surface area contributed by atoms with Crippen LogP contribution in [0.15, 0.2) is 40.9 Å². The predicted molar refractivity (Wildman–Crippen MR) is 78.2 cm³/mol. The number of rotatable bonds is 2. The first-order chi connectivity index (χ1) is 8.97. The molecule has 19 heavy (non-hydrogen) atoms. The fourth-order valence-corrected chi connectivity index (χ4v) is 2.19. The number of carbonyl (C=O) groups is 1. The number of anilines is 1. The van der Waals surface area contributed by atoms with Crippen molar-refractivity contribution < 1.29 is 9.18 Å². The van der Waals surface area contributed by atoms with Gasteiger partial charge in [0, 0.05) is 10.0 Å². The summed E-state index contributed by atoms with van der Waals surface area (Å²) < 4.78 is 13.8. The Morgan fingerprint density at radius 3 is 2.68 bits per heavy atom. The van der Waals surface area contributed by atoms with E-state index in [4.69, 9.17) is 11.6 Å². The van der Waals surface area contributed by atoms with Gasteiger partial charge in [-0.1, -0.05) is 27.5 Å². The van der Waals surface area contributed by atoms with E-state index in [1.807, 2.05) is 0 Å². The van der Waals surface area contributed by atoms with Crippen molar-refractivity contribution >= 4 is 39.1 Å². The molecule has 0 unspecified atom stereocenters. The number of hydrogen-bond donors (Lipinski definition) is 1. The maximum Gasteiger partial charge on any atom is 0.255 e. The van der Waals surface area contributed by atoms with Crippen molar-refractivity contribution in [3.05, 3.63) is 62.8 Å². The molecule has 0 aliphatic rings. The second-order valence-electron chi connectivity index (χ2n) is 4.04. The summed E-state index contributed by atoms with van der Waals surface area (Å²) in [6, 6.07) is 9.19. The van der Waals surface area contributed by atoms with Crippen molar-refractivity contribution in [1.82, 2.24) is 0 Å². The van der Waals surface area contributed by atoms with Crippen molar-refractivity contribution in [1.29, 1.82) is 0 Å². The smallest absolute Gasteiger partial charge is 0.255 e. The number of aryl methyl sites for hydroxylation is 1. The third-order valence-electron chi connectivity index (χ3n) is 2.61. The minimum Gasteiger partial charge on any atom is -0.321 e. The maximum atomic E-state index is 13.0. The Balaban J connectivity index is 2.28. The molecule has 0 saturated heterocycles. The van der Waals surface area contributed by atoms with E-state index in [0.717, 1.165) is 4.47 Å². The first kappa shape index (κ1) is 14.0. The van der Waals surface area contributed by atoms with Gasteiger partial charge >= 0.3 is 0 Å². The number of benzene rings is 2. The lowest BCUT2D eigenvalue weighted by molar-refractivity contribution is 0.102. The van der Waals surface area contributed by atoms with Gasteiger partial charge in [0.25, 0.3) is 5.91 Å². The zero-order valence-corrected chi connectivity index (χ0v) is 12.3. The van der Waals surface area contributed by atoms with Crippen LogP contribution in [0.4, 0.5) is 10.1 Å². The van der Waals surface area contributed by atoms with Gasteiger partial charge < -0.3 is 5.32 Å². The normalized spacial score (nSPS) is 10.3. The summed E-state index contributed by atoms with van der Waals surface area (Å²) in [5.41, 5.74) is 1.49. The Labute approximate surface area is 123 Å². The van der Waals surface area contributed by atoms with Crippen molar-refractivity contribution in [2.75, 3.05) is 5.32 Å². The molecule has 2 aromatic carbocycles. The summed E-state index contributed by atoms with van der Waals surface area (Å²) >= 11 is 9.30. The average molecular weight is 343 g/mol. The number of nitrogens with one attached hydrogen (secondary N) is 1. The highest BCUT2D eigenvalue weighted by molar-refractivity contribution is 9.10. The molecule has 1 N–H and O–H groups in total. The highest BCUT2D eigenvalue weighted by atomic mass is 79.9. The number of halogens is 3. The molecule has 2 nitrogen and oxygen atoms in total. The average Bonchev–Trinajstić information content (AvgIpc) is 2.33. The van der Waals surface area contributed by atoms with Crippen molar-refractivity contribution in [3.63, 3.8) is 0 Å². The summed E-state index contributed by atoms with van der Waals surface area (Å²) in [5, 5.41) is 3.15. The molecule has 0 fully saturated rings. The highest BCUT2D eigenvalue weighted by Crippen LogP contribution is 2.26. The Bertz CT molecular complexity index is 645. The van der Waals surface area contributed by atoms with Crippen LogP contribution in [0.3, 0.4) is 0 Å². The Hall–Kier alpha value is -1.39. The van der Waals surface area contributed by atoms with Crippen LogP contribution in [0.1, 0.15) is 15.9 Å². The van der Waals surface area contributed by atoms with Crippen LogP contribution < -0.4 is 5.32 Å². The number of amides is 1. The van der Waals surface area contributed by atoms with Gasteiger partial charge in [-0.15, -0.1) is 0 Å². The van der Waals surface area contributed by atoms with E-state index in [-0.39, 0.29) is 11.7 Å². The van der Waals surface area contributed by atoms with Crippen LogP contribution >= 0.6 is 27.5 Å². The van der Waals surface area contributed by atoms with Crippen molar-refractivity contribution in [2.45, 2.75) is 6.92 Å². The van der Waals surface area contributed by atoms with Gasteiger partial charge in [0.05, 0.1) is 10.7 Å². The lowest BCUT2D eigenvalue weighted by Crippen LogP contribution is -2.13. The largest absolute Gasteiger partial charge is 0.321 e. The standard InChI is InChI=1S/C14H10BrClFNO/c1-8-6-10(17)3-4-11(8)14(19)18-13-7-9(15)2-5-12(13)16/h2-7H,1H3,(H,18,19). The van der Waals surface area contributed by atoms with Gasteiger partial charge in [-0.25, -0.2) is 4.39 Å². The van der Waals surface area contributed by atoms with Crippen LogP contribution in [0, 0.1) is 12.7 Å². The van der Waals surface area contributed by atoms with Crippen LogP contribution in [0.25, 0.3) is 0 Å².